The Kier molecular flexibility index (Phi) is 5.77. The molecule has 0 saturated heterocycles. The minimum absolute atomic E-state index is 0.0676. The van der Waals surface area contributed by atoms with Gasteiger partial charge in [0.05, 0.1) is 32.5 Å². The van der Waals surface area contributed by atoms with E-state index in [0.29, 0.717) is 21.9 Å². The van der Waals surface area contributed by atoms with Crippen molar-refractivity contribution in [1.82, 2.24) is 0 Å². The number of halogens is 1. The molecule has 3 N–H and O–H groups in total. The van der Waals surface area contributed by atoms with Crippen LogP contribution in [0.4, 0.5) is 0 Å². The lowest BCUT2D eigenvalue weighted by atomic mass is 9.93. The summed E-state index contributed by atoms with van der Waals surface area (Å²) in [5, 5.41) is 10.6. The maximum atomic E-state index is 13.2. The number of rotatable bonds is 6. The molecule has 0 saturated carbocycles. The number of hydrogen-bond acceptors (Lipinski definition) is 6. The van der Waals surface area contributed by atoms with Gasteiger partial charge in [-0.3, -0.25) is 4.79 Å². The van der Waals surface area contributed by atoms with Crippen LogP contribution >= 0.6 is 11.6 Å². The summed E-state index contributed by atoms with van der Waals surface area (Å²) in [7, 11) is 4.34. The Balaban J connectivity index is 2.82. The monoisotopic (exact) mass is 365 g/mol. The third-order valence-electron chi connectivity index (χ3n) is 3.96. The van der Waals surface area contributed by atoms with Crippen LogP contribution in [-0.2, 0) is 6.54 Å². The minimum Gasteiger partial charge on any atom is -0.507 e. The molecule has 0 radical (unpaired) electrons. The normalized spacial score (nSPS) is 10.5. The summed E-state index contributed by atoms with van der Waals surface area (Å²) in [6, 6.07) is 4.52. The SMILES string of the molecule is COc1cc(CN)c(C(=O)c2c(O)ccc(Cl)c2C)c(OC)c1OC. The van der Waals surface area contributed by atoms with Crippen molar-refractivity contribution in [2.75, 3.05) is 21.3 Å². The van der Waals surface area contributed by atoms with Gasteiger partial charge in [-0.25, -0.2) is 0 Å². The number of methoxy groups -OCH3 is 3. The van der Waals surface area contributed by atoms with Gasteiger partial charge >= 0.3 is 0 Å². The molecule has 0 amide bonds. The summed E-state index contributed by atoms with van der Waals surface area (Å²) in [4.78, 5) is 13.2. The second-order valence-electron chi connectivity index (χ2n) is 5.28. The van der Waals surface area contributed by atoms with E-state index in [9.17, 15) is 9.90 Å². The van der Waals surface area contributed by atoms with Crippen LogP contribution in [0.5, 0.6) is 23.0 Å². The smallest absolute Gasteiger partial charge is 0.204 e. The van der Waals surface area contributed by atoms with Crippen LogP contribution in [0, 0.1) is 6.92 Å². The number of carbonyl (C=O) groups excluding carboxylic acids is 1. The third-order valence-corrected chi connectivity index (χ3v) is 4.37. The van der Waals surface area contributed by atoms with Gasteiger partial charge in [0.2, 0.25) is 11.5 Å². The zero-order valence-corrected chi connectivity index (χ0v) is 15.2. The Morgan fingerprint density at radius 2 is 1.76 bits per heavy atom. The molecule has 0 unspecified atom stereocenters. The highest BCUT2D eigenvalue weighted by molar-refractivity contribution is 6.32. The molecule has 134 valence electrons. The first kappa shape index (κ1) is 18.9. The molecule has 0 atom stereocenters. The van der Waals surface area contributed by atoms with Crippen molar-refractivity contribution in [1.29, 1.82) is 0 Å². The van der Waals surface area contributed by atoms with Gasteiger partial charge in [-0.05, 0) is 36.2 Å². The van der Waals surface area contributed by atoms with Gasteiger partial charge in [0.1, 0.15) is 5.75 Å². The van der Waals surface area contributed by atoms with Crippen molar-refractivity contribution in [2.24, 2.45) is 5.73 Å². The average Bonchev–Trinajstić information content (AvgIpc) is 2.62. The van der Waals surface area contributed by atoms with Gasteiger partial charge < -0.3 is 25.1 Å². The molecule has 25 heavy (non-hydrogen) atoms. The number of aromatic hydroxyl groups is 1. The van der Waals surface area contributed by atoms with E-state index in [4.69, 9.17) is 31.5 Å². The second-order valence-corrected chi connectivity index (χ2v) is 5.69. The molecule has 2 aromatic carbocycles. The topological polar surface area (TPSA) is 91.0 Å². The number of benzene rings is 2. The minimum atomic E-state index is -0.462. The molecule has 0 bridgehead atoms. The van der Waals surface area contributed by atoms with Crippen LogP contribution in [0.15, 0.2) is 18.2 Å². The fraction of sp³-hybridized carbons (Fsp3) is 0.278. The highest BCUT2D eigenvalue weighted by Gasteiger charge is 2.28. The van der Waals surface area contributed by atoms with Crippen molar-refractivity contribution in [3.63, 3.8) is 0 Å². The number of hydrogen-bond donors (Lipinski definition) is 2. The van der Waals surface area contributed by atoms with E-state index in [1.807, 2.05) is 0 Å². The lowest BCUT2D eigenvalue weighted by Gasteiger charge is -2.19. The fourth-order valence-corrected chi connectivity index (χ4v) is 2.86. The summed E-state index contributed by atoms with van der Waals surface area (Å²) in [5.41, 5.74) is 7.07. The first-order chi connectivity index (χ1) is 11.9. The van der Waals surface area contributed by atoms with E-state index in [2.05, 4.69) is 0 Å². The van der Waals surface area contributed by atoms with Crippen LogP contribution in [0.3, 0.4) is 0 Å². The van der Waals surface area contributed by atoms with Gasteiger partial charge in [-0.15, -0.1) is 0 Å². The number of phenolic OH excluding ortho intramolecular Hbond substituents is 1. The fourth-order valence-electron chi connectivity index (χ4n) is 2.70. The number of ketones is 1. The molecular weight excluding hydrogens is 346 g/mol. The Bertz CT molecular complexity index is 820. The highest BCUT2D eigenvalue weighted by atomic mass is 35.5. The van der Waals surface area contributed by atoms with Crippen LogP contribution in [0.1, 0.15) is 27.0 Å². The van der Waals surface area contributed by atoms with Crippen molar-refractivity contribution in [3.8, 4) is 23.0 Å². The molecule has 0 aliphatic heterocycles. The Labute approximate surface area is 151 Å². The second kappa shape index (κ2) is 7.63. The maximum absolute atomic E-state index is 13.2. The quantitative estimate of drug-likeness (QED) is 0.764. The predicted molar refractivity (Wildman–Crippen MR) is 95.3 cm³/mol. The third kappa shape index (κ3) is 3.23. The molecule has 2 rings (SSSR count). The number of ether oxygens (including phenoxy) is 3. The van der Waals surface area contributed by atoms with Gasteiger partial charge in [0, 0.05) is 11.6 Å². The predicted octanol–water partition coefficient (Wildman–Crippen LogP) is 3.07. The van der Waals surface area contributed by atoms with Gasteiger partial charge in [0.25, 0.3) is 0 Å². The lowest BCUT2D eigenvalue weighted by Crippen LogP contribution is -2.14. The molecule has 7 heteroatoms. The van der Waals surface area contributed by atoms with Gasteiger partial charge in [-0.1, -0.05) is 11.6 Å². The van der Waals surface area contributed by atoms with Crippen LogP contribution in [0.2, 0.25) is 5.02 Å². The van der Waals surface area contributed by atoms with E-state index in [1.165, 1.54) is 33.5 Å². The molecule has 0 heterocycles. The average molecular weight is 366 g/mol. The summed E-state index contributed by atoms with van der Waals surface area (Å²) in [5.74, 6) is 0.210. The van der Waals surface area contributed by atoms with Gasteiger partial charge in [-0.2, -0.15) is 0 Å². The lowest BCUT2D eigenvalue weighted by molar-refractivity contribution is 0.103. The van der Waals surface area contributed by atoms with E-state index in [0.717, 1.165) is 0 Å². The van der Waals surface area contributed by atoms with Crippen molar-refractivity contribution in [3.05, 3.63) is 45.5 Å². The number of phenols is 1. The van der Waals surface area contributed by atoms with Crippen LogP contribution in [0.25, 0.3) is 0 Å². The largest absolute Gasteiger partial charge is 0.507 e. The first-order valence-corrected chi connectivity index (χ1v) is 7.83. The Morgan fingerprint density at radius 3 is 2.28 bits per heavy atom. The standard InChI is InChI=1S/C18H20ClNO5/c1-9-11(19)5-6-12(21)14(9)16(22)15-10(8-20)7-13(23-2)17(24-3)18(15)25-4/h5-7,21H,8,20H2,1-4H3. The van der Waals surface area contributed by atoms with Crippen LogP contribution in [-0.4, -0.2) is 32.2 Å². The molecular formula is C18H20ClNO5. The summed E-state index contributed by atoms with van der Waals surface area (Å²) in [6.07, 6.45) is 0. The Hall–Kier alpha value is -2.44. The number of carbonyl (C=O) groups is 1. The van der Waals surface area contributed by atoms with Crippen molar-refractivity contribution >= 4 is 17.4 Å². The zero-order valence-electron chi connectivity index (χ0n) is 14.5. The van der Waals surface area contributed by atoms with Crippen molar-refractivity contribution in [2.45, 2.75) is 13.5 Å². The first-order valence-electron chi connectivity index (χ1n) is 7.45. The van der Waals surface area contributed by atoms with Crippen LogP contribution < -0.4 is 19.9 Å². The Morgan fingerprint density at radius 1 is 1.12 bits per heavy atom. The van der Waals surface area contributed by atoms with E-state index >= 15 is 0 Å². The summed E-state index contributed by atoms with van der Waals surface area (Å²) in [6.45, 7) is 1.73. The summed E-state index contributed by atoms with van der Waals surface area (Å²) < 4.78 is 16.0. The molecule has 0 aliphatic carbocycles. The molecule has 0 fully saturated rings. The highest BCUT2D eigenvalue weighted by Crippen LogP contribution is 2.44. The molecule has 6 nitrogen and oxygen atoms in total. The molecule has 0 aliphatic rings. The van der Waals surface area contributed by atoms with E-state index in [1.54, 1.807) is 13.0 Å². The van der Waals surface area contributed by atoms with E-state index in [-0.39, 0.29) is 34.9 Å². The maximum Gasteiger partial charge on any atom is 0.204 e. The zero-order chi connectivity index (χ0) is 18.7. The van der Waals surface area contributed by atoms with Crippen molar-refractivity contribution < 1.29 is 24.1 Å². The molecule has 2 aromatic rings. The molecule has 0 aromatic heterocycles. The molecule has 0 spiro atoms. The summed E-state index contributed by atoms with van der Waals surface area (Å²) >= 11 is 6.11. The van der Waals surface area contributed by atoms with E-state index < -0.39 is 5.78 Å². The van der Waals surface area contributed by atoms with Gasteiger partial charge in [0.15, 0.2) is 11.5 Å². The number of nitrogens with two attached hydrogens (primary N) is 1.